The van der Waals surface area contributed by atoms with E-state index in [9.17, 15) is 26.3 Å². The van der Waals surface area contributed by atoms with E-state index >= 15 is 0 Å². The van der Waals surface area contributed by atoms with Gasteiger partial charge in [0.2, 0.25) is 0 Å². The third kappa shape index (κ3) is 3.83. The minimum absolute atomic E-state index is 0.258. The van der Waals surface area contributed by atoms with Crippen LogP contribution in [0.2, 0.25) is 0 Å². The number of nitrogens with zero attached hydrogens (tertiary/aromatic N) is 6. The monoisotopic (exact) mass is 416 g/mol. The van der Waals surface area contributed by atoms with Crippen molar-refractivity contribution in [3.63, 3.8) is 0 Å². The molecule has 0 saturated carbocycles. The summed E-state index contributed by atoms with van der Waals surface area (Å²) in [4.78, 5) is 1.75. The molecule has 0 amide bonds. The summed E-state index contributed by atoms with van der Waals surface area (Å²) in [6, 6.07) is 4.29. The number of aromatic nitrogens is 5. The summed E-state index contributed by atoms with van der Waals surface area (Å²) in [5.41, 5.74) is -1.61. The van der Waals surface area contributed by atoms with Gasteiger partial charge in [-0.2, -0.15) is 26.3 Å². The number of alkyl halides is 6. The molecule has 0 aliphatic carbocycles. The van der Waals surface area contributed by atoms with Crippen LogP contribution in [0.4, 0.5) is 32.2 Å². The Kier molecular flexibility index (Phi) is 4.58. The molecule has 3 aromatic rings. The standard InChI is InChI=1S/C17H14F6N6/c18-16(19,20)11-3-5-14-26-27-15(29(14)9-11)10-2-1-7-28(8-10)13-6-4-12(24-25-13)17(21,22)23/h3-6,9-10H,1-2,7-8H2. The first kappa shape index (κ1) is 19.4. The lowest BCUT2D eigenvalue weighted by molar-refractivity contribution is -0.141. The molecule has 4 rings (SSSR count). The van der Waals surface area contributed by atoms with Crippen LogP contribution in [-0.4, -0.2) is 37.9 Å². The Labute approximate surface area is 160 Å². The maximum absolute atomic E-state index is 13.0. The summed E-state index contributed by atoms with van der Waals surface area (Å²) < 4.78 is 78.4. The largest absolute Gasteiger partial charge is 0.435 e. The van der Waals surface area contributed by atoms with Gasteiger partial charge in [0.15, 0.2) is 17.2 Å². The van der Waals surface area contributed by atoms with Crippen molar-refractivity contribution in [1.29, 1.82) is 0 Å². The van der Waals surface area contributed by atoms with Crippen molar-refractivity contribution >= 4 is 11.5 Å². The molecule has 1 aliphatic heterocycles. The van der Waals surface area contributed by atoms with Crippen LogP contribution in [0, 0.1) is 0 Å². The fourth-order valence-corrected chi connectivity index (χ4v) is 3.40. The van der Waals surface area contributed by atoms with Crippen molar-refractivity contribution in [2.45, 2.75) is 31.1 Å². The minimum atomic E-state index is -4.58. The first-order valence-electron chi connectivity index (χ1n) is 8.71. The molecule has 1 aliphatic rings. The van der Waals surface area contributed by atoms with E-state index in [4.69, 9.17) is 0 Å². The van der Waals surface area contributed by atoms with E-state index < -0.39 is 23.6 Å². The fourth-order valence-electron chi connectivity index (χ4n) is 3.40. The second-order valence-electron chi connectivity index (χ2n) is 6.76. The summed E-state index contributed by atoms with van der Waals surface area (Å²) in [7, 11) is 0. The molecule has 0 spiro atoms. The van der Waals surface area contributed by atoms with E-state index in [-0.39, 0.29) is 11.7 Å². The van der Waals surface area contributed by atoms with E-state index in [1.54, 1.807) is 4.90 Å². The predicted molar refractivity (Wildman–Crippen MR) is 89.2 cm³/mol. The van der Waals surface area contributed by atoms with E-state index in [1.165, 1.54) is 16.5 Å². The lowest BCUT2D eigenvalue weighted by Gasteiger charge is -2.32. The van der Waals surface area contributed by atoms with Gasteiger partial charge in [-0.1, -0.05) is 0 Å². The molecule has 3 aromatic heterocycles. The van der Waals surface area contributed by atoms with Gasteiger partial charge in [0.1, 0.15) is 5.82 Å². The number of anilines is 1. The number of pyridine rings is 1. The zero-order chi connectivity index (χ0) is 20.8. The highest BCUT2D eigenvalue weighted by Gasteiger charge is 2.34. The number of halogens is 6. The second kappa shape index (κ2) is 6.85. The van der Waals surface area contributed by atoms with Crippen molar-refractivity contribution in [3.8, 4) is 0 Å². The normalized spacial score (nSPS) is 18.4. The van der Waals surface area contributed by atoms with Gasteiger partial charge in [-0.05, 0) is 37.1 Å². The van der Waals surface area contributed by atoms with E-state index in [2.05, 4.69) is 20.4 Å². The van der Waals surface area contributed by atoms with Gasteiger partial charge in [-0.15, -0.1) is 20.4 Å². The predicted octanol–water partition coefficient (Wildman–Crippen LogP) is 3.94. The van der Waals surface area contributed by atoms with Crippen LogP contribution in [0.3, 0.4) is 0 Å². The third-order valence-corrected chi connectivity index (χ3v) is 4.81. The molecule has 1 saturated heterocycles. The summed E-state index contributed by atoms with van der Waals surface area (Å²) in [5.74, 6) is 0.384. The van der Waals surface area contributed by atoms with Crippen LogP contribution in [0.25, 0.3) is 5.65 Å². The average molecular weight is 416 g/mol. The lowest BCUT2D eigenvalue weighted by atomic mass is 9.97. The molecule has 154 valence electrons. The lowest BCUT2D eigenvalue weighted by Crippen LogP contribution is -2.36. The molecule has 1 fully saturated rings. The molecule has 0 N–H and O–H groups in total. The van der Waals surface area contributed by atoms with Gasteiger partial charge in [-0.3, -0.25) is 4.40 Å². The molecule has 1 unspecified atom stereocenters. The summed E-state index contributed by atoms with van der Waals surface area (Å²) >= 11 is 0. The first-order chi connectivity index (χ1) is 13.6. The van der Waals surface area contributed by atoms with Gasteiger partial charge in [0.05, 0.1) is 5.56 Å². The van der Waals surface area contributed by atoms with Crippen LogP contribution in [0.5, 0.6) is 0 Å². The van der Waals surface area contributed by atoms with Crippen molar-refractivity contribution in [2.24, 2.45) is 0 Å². The van der Waals surface area contributed by atoms with E-state index in [1.807, 2.05) is 0 Å². The molecule has 4 heterocycles. The van der Waals surface area contributed by atoms with Crippen molar-refractivity contribution < 1.29 is 26.3 Å². The zero-order valence-corrected chi connectivity index (χ0v) is 14.7. The van der Waals surface area contributed by atoms with Crippen LogP contribution < -0.4 is 4.90 Å². The zero-order valence-electron chi connectivity index (χ0n) is 14.7. The summed E-state index contributed by atoms with van der Waals surface area (Å²) in [6.45, 7) is 0.873. The van der Waals surface area contributed by atoms with Crippen LogP contribution in [-0.2, 0) is 12.4 Å². The topological polar surface area (TPSA) is 59.2 Å². The Bertz CT molecular complexity index is 1010. The average Bonchev–Trinajstić information content (AvgIpc) is 3.10. The molecule has 1 atom stereocenters. The summed E-state index contributed by atoms with van der Waals surface area (Å²) in [6.07, 6.45) is -6.79. The summed E-state index contributed by atoms with van der Waals surface area (Å²) in [5, 5.41) is 14.9. The number of rotatable bonds is 2. The Balaban J connectivity index is 1.60. The first-order valence-corrected chi connectivity index (χ1v) is 8.71. The van der Waals surface area contributed by atoms with Crippen molar-refractivity contribution in [3.05, 3.63) is 47.5 Å². The minimum Gasteiger partial charge on any atom is -0.354 e. The number of fused-ring (bicyclic) bond motifs is 1. The maximum atomic E-state index is 13.0. The third-order valence-electron chi connectivity index (χ3n) is 4.81. The highest BCUT2D eigenvalue weighted by molar-refractivity contribution is 5.42. The molecule has 12 heteroatoms. The molecular weight excluding hydrogens is 402 g/mol. The van der Waals surface area contributed by atoms with Crippen LogP contribution >= 0.6 is 0 Å². The fraction of sp³-hybridized carbons (Fsp3) is 0.412. The van der Waals surface area contributed by atoms with Crippen molar-refractivity contribution in [1.82, 2.24) is 24.8 Å². The SMILES string of the molecule is FC(F)(F)c1ccc2nnc(C3CCCN(c4ccc(C(F)(F)F)nn4)C3)n2c1. The number of hydrogen-bond donors (Lipinski definition) is 0. The van der Waals surface area contributed by atoms with Gasteiger partial charge in [0.25, 0.3) is 0 Å². The Morgan fingerprint density at radius 3 is 2.31 bits per heavy atom. The highest BCUT2D eigenvalue weighted by Crippen LogP contribution is 2.33. The van der Waals surface area contributed by atoms with E-state index in [0.29, 0.717) is 37.4 Å². The van der Waals surface area contributed by atoms with Gasteiger partial charge < -0.3 is 4.90 Å². The van der Waals surface area contributed by atoms with Crippen LogP contribution in [0.1, 0.15) is 35.8 Å². The maximum Gasteiger partial charge on any atom is 0.435 e. The molecule has 0 bridgehead atoms. The van der Waals surface area contributed by atoms with Gasteiger partial charge >= 0.3 is 12.4 Å². The number of piperidine rings is 1. The molecule has 0 aromatic carbocycles. The van der Waals surface area contributed by atoms with Crippen LogP contribution in [0.15, 0.2) is 30.5 Å². The van der Waals surface area contributed by atoms with Crippen molar-refractivity contribution in [2.75, 3.05) is 18.0 Å². The quantitative estimate of drug-likeness (QED) is 0.593. The molecule has 6 nitrogen and oxygen atoms in total. The highest BCUT2D eigenvalue weighted by atomic mass is 19.4. The smallest absolute Gasteiger partial charge is 0.354 e. The molecular formula is C17H14F6N6. The molecule has 29 heavy (non-hydrogen) atoms. The second-order valence-corrected chi connectivity index (χ2v) is 6.76. The van der Waals surface area contributed by atoms with E-state index in [0.717, 1.165) is 18.3 Å². The molecule has 0 radical (unpaired) electrons. The Morgan fingerprint density at radius 1 is 0.862 bits per heavy atom. The Morgan fingerprint density at radius 2 is 1.66 bits per heavy atom. The van der Waals surface area contributed by atoms with Gasteiger partial charge in [-0.25, -0.2) is 0 Å². The Hall–Kier alpha value is -2.92. The van der Waals surface area contributed by atoms with Gasteiger partial charge in [0, 0.05) is 25.2 Å². The number of hydrogen-bond acceptors (Lipinski definition) is 5.